The first-order chi connectivity index (χ1) is 9.91. The van der Waals surface area contributed by atoms with Crippen molar-refractivity contribution in [3.8, 4) is 0 Å². The van der Waals surface area contributed by atoms with Gasteiger partial charge >= 0.3 is 0 Å². The van der Waals surface area contributed by atoms with Crippen molar-refractivity contribution < 1.29 is 4.79 Å². The van der Waals surface area contributed by atoms with Crippen LogP contribution >= 0.6 is 0 Å². The molecule has 4 heteroatoms. The SMILES string of the molecule is CCCC1NC(C)(CC)C(=O)N1CC1CCN(C(C)C)C1. The third-order valence-corrected chi connectivity index (χ3v) is 5.37. The molecule has 0 saturated carbocycles. The summed E-state index contributed by atoms with van der Waals surface area (Å²) in [6, 6.07) is 0.620. The Kier molecular flexibility index (Phi) is 5.31. The Morgan fingerprint density at radius 3 is 2.62 bits per heavy atom. The molecule has 0 radical (unpaired) electrons. The molecule has 2 fully saturated rings. The summed E-state index contributed by atoms with van der Waals surface area (Å²) in [6.45, 7) is 14.1. The second-order valence-corrected chi connectivity index (χ2v) is 7.34. The van der Waals surface area contributed by atoms with Gasteiger partial charge in [0.15, 0.2) is 0 Å². The van der Waals surface area contributed by atoms with Crippen molar-refractivity contribution in [2.24, 2.45) is 5.92 Å². The quantitative estimate of drug-likeness (QED) is 0.817. The Bertz CT molecular complexity index is 371. The molecule has 2 heterocycles. The van der Waals surface area contributed by atoms with Gasteiger partial charge in [0.25, 0.3) is 0 Å². The first kappa shape index (κ1) is 16.8. The van der Waals surface area contributed by atoms with Crippen LogP contribution in [0.15, 0.2) is 0 Å². The first-order valence-corrected chi connectivity index (χ1v) is 8.74. The zero-order chi connectivity index (χ0) is 15.6. The number of carbonyl (C=O) groups is 1. The fraction of sp³-hybridized carbons (Fsp3) is 0.941. The smallest absolute Gasteiger partial charge is 0.243 e. The fourth-order valence-corrected chi connectivity index (χ4v) is 3.69. The van der Waals surface area contributed by atoms with Gasteiger partial charge < -0.3 is 9.80 Å². The summed E-state index contributed by atoms with van der Waals surface area (Å²) in [6.07, 6.45) is 4.50. The molecule has 2 saturated heterocycles. The Balaban J connectivity index is 2.01. The van der Waals surface area contributed by atoms with Gasteiger partial charge in [-0.1, -0.05) is 20.3 Å². The molecule has 122 valence electrons. The van der Waals surface area contributed by atoms with E-state index in [2.05, 4.69) is 49.7 Å². The van der Waals surface area contributed by atoms with Gasteiger partial charge in [-0.2, -0.15) is 0 Å². The van der Waals surface area contributed by atoms with Crippen LogP contribution in [0.1, 0.15) is 60.3 Å². The zero-order valence-electron chi connectivity index (χ0n) is 14.5. The molecule has 0 aromatic carbocycles. The largest absolute Gasteiger partial charge is 0.325 e. The minimum Gasteiger partial charge on any atom is -0.325 e. The Morgan fingerprint density at radius 1 is 1.38 bits per heavy atom. The molecule has 3 unspecified atom stereocenters. The number of nitrogens with zero attached hydrogens (tertiary/aromatic N) is 2. The normalized spacial score (nSPS) is 34.4. The van der Waals surface area contributed by atoms with Crippen molar-refractivity contribution >= 4 is 5.91 Å². The number of hydrogen-bond acceptors (Lipinski definition) is 3. The molecule has 0 aromatic rings. The summed E-state index contributed by atoms with van der Waals surface area (Å²) in [5.41, 5.74) is -0.351. The predicted molar refractivity (Wildman–Crippen MR) is 87.1 cm³/mol. The highest BCUT2D eigenvalue weighted by Crippen LogP contribution is 2.29. The van der Waals surface area contributed by atoms with Crippen LogP contribution in [0.25, 0.3) is 0 Å². The average Bonchev–Trinajstić information content (AvgIpc) is 3.00. The highest BCUT2D eigenvalue weighted by Gasteiger charge is 2.46. The van der Waals surface area contributed by atoms with Gasteiger partial charge in [0.2, 0.25) is 5.91 Å². The standard InChI is InChI=1S/C17H33N3O/c1-6-8-15-18-17(5,7-2)16(21)20(15)12-14-9-10-19(11-14)13(3)4/h13-15,18H,6-12H2,1-5H3. The van der Waals surface area contributed by atoms with Crippen molar-refractivity contribution in [3.05, 3.63) is 0 Å². The van der Waals surface area contributed by atoms with E-state index in [0.29, 0.717) is 17.9 Å². The highest BCUT2D eigenvalue weighted by molar-refractivity contribution is 5.88. The molecule has 4 nitrogen and oxygen atoms in total. The third-order valence-electron chi connectivity index (χ3n) is 5.37. The van der Waals surface area contributed by atoms with E-state index in [-0.39, 0.29) is 11.7 Å². The van der Waals surface area contributed by atoms with Crippen LogP contribution in [0.4, 0.5) is 0 Å². The average molecular weight is 295 g/mol. The van der Waals surface area contributed by atoms with Crippen LogP contribution < -0.4 is 5.32 Å². The second kappa shape index (κ2) is 6.66. The lowest BCUT2D eigenvalue weighted by Gasteiger charge is -2.27. The maximum atomic E-state index is 12.8. The fourth-order valence-electron chi connectivity index (χ4n) is 3.69. The van der Waals surface area contributed by atoms with Gasteiger partial charge in [0, 0.05) is 19.1 Å². The topological polar surface area (TPSA) is 35.6 Å². The number of hydrogen-bond donors (Lipinski definition) is 1. The molecule has 1 amide bonds. The molecule has 0 bridgehead atoms. The molecule has 0 aromatic heterocycles. The molecule has 3 atom stereocenters. The minimum atomic E-state index is -0.351. The number of nitrogens with one attached hydrogen (secondary N) is 1. The molecule has 21 heavy (non-hydrogen) atoms. The molecular weight excluding hydrogens is 262 g/mol. The molecule has 2 aliphatic heterocycles. The van der Waals surface area contributed by atoms with E-state index in [1.165, 1.54) is 13.0 Å². The monoisotopic (exact) mass is 295 g/mol. The second-order valence-electron chi connectivity index (χ2n) is 7.34. The van der Waals surface area contributed by atoms with Crippen LogP contribution in [0.5, 0.6) is 0 Å². The lowest BCUT2D eigenvalue weighted by Crippen LogP contribution is -2.43. The lowest BCUT2D eigenvalue weighted by atomic mass is 9.99. The number of likely N-dealkylation sites (tertiary alicyclic amines) is 1. The van der Waals surface area contributed by atoms with E-state index in [0.717, 1.165) is 32.4 Å². The van der Waals surface area contributed by atoms with Crippen LogP contribution in [-0.4, -0.2) is 53.1 Å². The van der Waals surface area contributed by atoms with Crippen LogP contribution in [0.3, 0.4) is 0 Å². The van der Waals surface area contributed by atoms with Crippen molar-refractivity contribution in [2.45, 2.75) is 78.0 Å². The Hall–Kier alpha value is -0.610. The first-order valence-electron chi connectivity index (χ1n) is 8.74. The number of rotatable bonds is 6. The predicted octanol–water partition coefficient (Wildman–Crippen LogP) is 2.44. The highest BCUT2D eigenvalue weighted by atomic mass is 16.2. The number of amides is 1. The maximum absolute atomic E-state index is 12.8. The van der Waals surface area contributed by atoms with Crippen molar-refractivity contribution in [2.75, 3.05) is 19.6 Å². The van der Waals surface area contributed by atoms with Gasteiger partial charge in [-0.05, 0) is 52.5 Å². The van der Waals surface area contributed by atoms with E-state index >= 15 is 0 Å². The molecule has 1 N–H and O–H groups in total. The lowest BCUT2D eigenvalue weighted by molar-refractivity contribution is -0.133. The van der Waals surface area contributed by atoms with Gasteiger partial charge in [-0.25, -0.2) is 0 Å². The van der Waals surface area contributed by atoms with Gasteiger partial charge in [-0.15, -0.1) is 0 Å². The van der Waals surface area contributed by atoms with Gasteiger partial charge in [-0.3, -0.25) is 10.1 Å². The van der Waals surface area contributed by atoms with Crippen LogP contribution in [0, 0.1) is 5.92 Å². The molecule has 0 spiro atoms. The maximum Gasteiger partial charge on any atom is 0.243 e. The molecule has 0 aliphatic carbocycles. The summed E-state index contributed by atoms with van der Waals surface area (Å²) in [7, 11) is 0. The Labute approximate surface area is 130 Å². The molecular formula is C17H33N3O. The van der Waals surface area contributed by atoms with E-state index in [1.807, 2.05) is 0 Å². The summed E-state index contributed by atoms with van der Waals surface area (Å²) < 4.78 is 0. The van der Waals surface area contributed by atoms with E-state index in [1.54, 1.807) is 0 Å². The molecule has 2 rings (SSSR count). The minimum absolute atomic E-state index is 0.237. The van der Waals surface area contributed by atoms with E-state index < -0.39 is 0 Å². The van der Waals surface area contributed by atoms with E-state index in [9.17, 15) is 4.79 Å². The van der Waals surface area contributed by atoms with E-state index in [4.69, 9.17) is 0 Å². The van der Waals surface area contributed by atoms with Gasteiger partial charge in [0.05, 0.1) is 11.7 Å². The van der Waals surface area contributed by atoms with Crippen LogP contribution in [-0.2, 0) is 4.79 Å². The summed E-state index contributed by atoms with van der Waals surface area (Å²) in [5, 5.41) is 3.59. The van der Waals surface area contributed by atoms with Crippen LogP contribution in [0.2, 0.25) is 0 Å². The van der Waals surface area contributed by atoms with Crippen molar-refractivity contribution in [1.29, 1.82) is 0 Å². The Morgan fingerprint density at radius 2 is 2.10 bits per heavy atom. The summed E-state index contributed by atoms with van der Waals surface area (Å²) >= 11 is 0. The van der Waals surface area contributed by atoms with Crippen molar-refractivity contribution in [1.82, 2.24) is 15.1 Å². The van der Waals surface area contributed by atoms with Crippen molar-refractivity contribution in [3.63, 3.8) is 0 Å². The summed E-state index contributed by atoms with van der Waals surface area (Å²) in [4.78, 5) is 17.5. The molecule has 2 aliphatic rings. The zero-order valence-corrected chi connectivity index (χ0v) is 14.5. The number of carbonyl (C=O) groups excluding carboxylic acids is 1. The third kappa shape index (κ3) is 3.42. The summed E-state index contributed by atoms with van der Waals surface area (Å²) in [5.74, 6) is 0.947. The van der Waals surface area contributed by atoms with Gasteiger partial charge in [0.1, 0.15) is 0 Å².